The number of aromatic nitrogens is 1. The van der Waals surface area contributed by atoms with Crippen LogP contribution in [-0.4, -0.2) is 23.7 Å². The van der Waals surface area contributed by atoms with Gasteiger partial charge in [0.15, 0.2) is 0 Å². The quantitative estimate of drug-likeness (QED) is 0.681. The zero-order valence-corrected chi connectivity index (χ0v) is 17.0. The summed E-state index contributed by atoms with van der Waals surface area (Å²) in [5, 5.41) is 4.87. The predicted molar refractivity (Wildman–Crippen MR) is 116 cm³/mol. The van der Waals surface area contributed by atoms with Crippen LogP contribution in [0.3, 0.4) is 0 Å². The van der Waals surface area contributed by atoms with Crippen LogP contribution >= 0.6 is 11.6 Å². The third kappa shape index (κ3) is 4.21. The summed E-state index contributed by atoms with van der Waals surface area (Å²) in [4.78, 5) is 25.8. The molecule has 2 heterocycles. The van der Waals surface area contributed by atoms with Crippen LogP contribution in [0.4, 0.5) is 5.69 Å². The van der Waals surface area contributed by atoms with Crippen LogP contribution in [0.15, 0.2) is 53.5 Å². The summed E-state index contributed by atoms with van der Waals surface area (Å²) < 4.78 is 7.18. The Morgan fingerprint density at radius 1 is 1.17 bits per heavy atom. The Labute approximate surface area is 174 Å². The highest BCUT2D eigenvalue weighted by Crippen LogP contribution is 2.24. The molecule has 4 rings (SSSR count). The topological polar surface area (TPSA) is 60.3 Å². The number of hydrogen-bond acceptors (Lipinski definition) is 3. The van der Waals surface area contributed by atoms with Crippen molar-refractivity contribution in [1.82, 2.24) is 4.57 Å². The monoisotopic (exact) mass is 410 g/mol. The predicted octanol–water partition coefficient (Wildman–Crippen LogP) is 4.64. The minimum atomic E-state index is -0.224. The molecule has 1 saturated heterocycles. The Hall–Kier alpha value is -2.63. The van der Waals surface area contributed by atoms with Crippen LogP contribution < -0.4 is 10.9 Å². The van der Waals surface area contributed by atoms with E-state index in [1.165, 1.54) is 0 Å². The summed E-state index contributed by atoms with van der Waals surface area (Å²) in [6, 6.07) is 12.5. The number of carbonyl (C=O) groups is 1. The molecule has 1 amide bonds. The van der Waals surface area contributed by atoms with Crippen LogP contribution in [-0.2, 0) is 11.3 Å². The number of fused-ring (bicyclic) bond motifs is 1. The van der Waals surface area contributed by atoms with Crippen molar-refractivity contribution in [3.05, 3.63) is 75.2 Å². The molecular formula is C23H23ClN2O3. The molecule has 1 N–H and O–H groups in total. The van der Waals surface area contributed by atoms with Crippen molar-refractivity contribution in [3.8, 4) is 0 Å². The van der Waals surface area contributed by atoms with Crippen molar-refractivity contribution in [2.45, 2.75) is 26.3 Å². The average Bonchev–Trinajstić information content (AvgIpc) is 2.71. The first-order chi connectivity index (χ1) is 14.0. The Morgan fingerprint density at radius 3 is 2.72 bits per heavy atom. The molecule has 6 heteroatoms. The molecule has 150 valence electrons. The van der Waals surface area contributed by atoms with Gasteiger partial charge in [-0.3, -0.25) is 9.59 Å². The van der Waals surface area contributed by atoms with Crippen molar-refractivity contribution in [1.29, 1.82) is 0 Å². The standard InChI is InChI=1S/C23H23ClN2O3/c1-15-13-17(24)5-6-18(15)22(27)25-21-4-2-3-20-19(21)7-10-26(23(20)28)14-16-8-11-29-12-9-16/h2-7,10,13,16H,8-9,11-12,14H2,1H3,(H,25,27). The van der Waals surface area contributed by atoms with E-state index in [-0.39, 0.29) is 11.5 Å². The molecule has 0 aliphatic carbocycles. The minimum Gasteiger partial charge on any atom is -0.381 e. The first kappa shape index (κ1) is 19.7. The normalized spacial score (nSPS) is 14.8. The number of aryl methyl sites for hydroxylation is 1. The smallest absolute Gasteiger partial charge is 0.258 e. The minimum absolute atomic E-state index is 0.0345. The van der Waals surface area contributed by atoms with Gasteiger partial charge in [-0.25, -0.2) is 0 Å². The van der Waals surface area contributed by atoms with Gasteiger partial charge in [0.2, 0.25) is 0 Å². The van der Waals surface area contributed by atoms with Crippen LogP contribution in [0.5, 0.6) is 0 Å². The van der Waals surface area contributed by atoms with E-state index in [9.17, 15) is 9.59 Å². The molecule has 2 aromatic carbocycles. The highest BCUT2D eigenvalue weighted by Gasteiger charge is 2.17. The van der Waals surface area contributed by atoms with Gasteiger partial charge in [0.1, 0.15) is 0 Å². The largest absolute Gasteiger partial charge is 0.381 e. The molecule has 1 aliphatic heterocycles. The number of halogens is 1. The Bertz CT molecular complexity index is 1120. The summed E-state index contributed by atoms with van der Waals surface area (Å²) in [7, 11) is 0. The van der Waals surface area contributed by atoms with Crippen molar-refractivity contribution >= 4 is 34.0 Å². The number of nitrogens with one attached hydrogen (secondary N) is 1. The van der Waals surface area contributed by atoms with Gasteiger partial charge in [-0.05, 0) is 67.6 Å². The summed E-state index contributed by atoms with van der Waals surface area (Å²) in [6.45, 7) is 4.05. The molecule has 0 unspecified atom stereocenters. The maximum Gasteiger partial charge on any atom is 0.258 e. The lowest BCUT2D eigenvalue weighted by molar-refractivity contribution is 0.0610. The second-order valence-corrected chi connectivity index (χ2v) is 7.95. The van der Waals surface area contributed by atoms with Gasteiger partial charge in [-0.2, -0.15) is 0 Å². The molecule has 0 bridgehead atoms. The number of nitrogens with zero attached hydrogens (tertiary/aromatic N) is 1. The van der Waals surface area contributed by atoms with Gasteiger partial charge >= 0.3 is 0 Å². The fraction of sp³-hybridized carbons (Fsp3) is 0.304. The number of pyridine rings is 1. The first-order valence-electron chi connectivity index (χ1n) is 9.80. The summed E-state index contributed by atoms with van der Waals surface area (Å²) in [6.07, 6.45) is 3.77. The van der Waals surface area contributed by atoms with Gasteiger partial charge in [-0.15, -0.1) is 0 Å². The van der Waals surface area contributed by atoms with E-state index in [1.54, 1.807) is 34.9 Å². The SMILES string of the molecule is Cc1cc(Cl)ccc1C(=O)Nc1cccc2c(=O)n(CC3CCOCC3)ccc12. The lowest BCUT2D eigenvalue weighted by Crippen LogP contribution is -2.27. The van der Waals surface area contributed by atoms with Crippen LogP contribution in [0.25, 0.3) is 10.8 Å². The Balaban J connectivity index is 1.63. The van der Waals surface area contributed by atoms with Crippen LogP contribution in [0.2, 0.25) is 5.02 Å². The van der Waals surface area contributed by atoms with E-state index >= 15 is 0 Å². The molecule has 3 aromatic rings. The van der Waals surface area contributed by atoms with Gasteiger partial charge in [-0.1, -0.05) is 17.7 Å². The lowest BCUT2D eigenvalue weighted by atomic mass is 10.00. The molecule has 29 heavy (non-hydrogen) atoms. The third-order valence-corrected chi connectivity index (χ3v) is 5.73. The summed E-state index contributed by atoms with van der Waals surface area (Å²) >= 11 is 5.99. The Morgan fingerprint density at radius 2 is 1.97 bits per heavy atom. The maximum atomic E-state index is 13.0. The molecule has 1 aromatic heterocycles. The second kappa shape index (κ2) is 8.39. The van der Waals surface area contributed by atoms with E-state index in [0.717, 1.165) is 37.0 Å². The highest BCUT2D eigenvalue weighted by molar-refractivity contribution is 6.30. The van der Waals surface area contributed by atoms with E-state index in [4.69, 9.17) is 16.3 Å². The van der Waals surface area contributed by atoms with Crippen molar-refractivity contribution in [2.24, 2.45) is 5.92 Å². The van der Waals surface area contributed by atoms with E-state index < -0.39 is 0 Å². The summed E-state index contributed by atoms with van der Waals surface area (Å²) in [5.74, 6) is 0.229. The Kier molecular flexibility index (Phi) is 5.69. The third-order valence-electron chi connectivity index (χ3n) is 5.50. The zero-order valence-electron chi connectivity index (χ0n) is 16.3. The molecule has 0 radical (unpaired) electrons. The fourth-order valence-corrected chi connectivity index (χ4v) is 4.08. The molecule has 1 fully saturated rings. The van der Waals surface area contributed by atoms with E-state index in [1.807, 2.05) is 25.3 Å². The summed E-state index contributed by atoms with van der Waals surface area (Å²) in [5.41, 5.74) is 1.94. The van der Waals surface area contributed by atoms with Crippen LogP contribution in [0, 0.1) is 12.8 Å². The fourth-order valence-electron chi connectivity index (χ4n) is 3.85. The highest BCUT2D eigenvalue weighted by atomic mass is 35.5. The molecule has 0 spiro atoms. The van der Waals surface area contributed by atoms with Crippen molar-refractivity contribution in [3.63, 3.8) is 0 Å². The van der Waals surface area contributed by atoms with Crippen molar-refractivity contribution < 1.29 is 9.53 Å². The molecule has 5 nitrogen and oxygen atoms in total. The molecule has 0 saturated carbocycles. The maximum absolute atomic E-state index is 13.0. The van der Waals surface area contributed by atoms with Crippen molar-refractivity contribution in [2.75, 3.05) is 18.5 Å². The number of benzene rings is 2. The van der Waals surface area contributed by atoms with Gasteiger partial charge in [0, 0.05) is 53.0 Å². The average molecular weight is 411 g/mol. The van der Waals surface area contributed by atoms with Gasteiger partial charge < -0.3 is 14.6 Å². The van der Waals surface area contributed by atoms with Gasteiger partial charge in [0.05, 0.1) is 0 Å². The number of ether oxygens (including phenoxy) is 1. The second-order valence-electron chi connectivity index (χ2n) is 7.51. The van der Waals surface area contributed by atoms with Gasteiger partial charge in [0.25, 0.3) is 11.5 Å². The lowest BCUT2D eigenvalue weighted by Gasteiger charge is -2.23. The van der Waals surface area contributed by atoms with E-state index in [0.29, 0.717) is 34.1 Å². The molecule has 0 atom stereocenters. The van der Waals surface area contributed by atoms with Crippen LogP contribution in [0.1, 0.15) is 28.8 Å². The number of rotatable bonds is 4. The number of carbonyl (C=O) groups excluding carboxylic acids is 1. The molecule has 1 aliphatic rings. The zero-order chi connectivity index (χ0) is 20.4. The first-order valence-corrected chi connectivity index (χ1v) is 10.2. The number of amides is 1. The number of anilines is 1. The number of hydrogen-bond donors (Lipinski definition) is 1. The molecular weight excluding hydrogens is 388 g/mol. The van der Waals surface area contributed by atoms with E-state index in [2.05, 4.69) is 5.32 Å².